The molecule has 90 valence electrons. The summed E-state index contributed by atoms with van der Waals surface area (Å²) >= 11 is 0. The van der Waals surface area contributed by atoms with Gasteiger partial charge in [-0.2, -0.15) is 0 Å². The zero-order valence-corrected chi connectivity index (χ0v) is 10.0. The number of anilines is 1. The molecule has 3 heterocycles. The Balaban J connectivity index is 1.94. The number of piperidine rings is 1. The third-order valence-electron chi connectivity index (χ3n) is 3.55. The van der Waals surface area contributed by atoms with Gasteiger partial charge in [0.1, 0.15) is 11.4 Å². The quantitative estimate of drug-likeness (QED) is 0.858. The van der Waals surface area contributed by atoms with Crippen LogP contribution in [0.2, 0.25) is 0 Å². The molecule has 2 aromatic heterocycles. The summed E-state index contributed by atoms with van der Waals surface area (Å²) in [6, 6.07) is 4.48. The van der Waals surface area contributed by atoms with Crippen LogP contribution in [-0.4, -0.2) is 31.2 Å². The van der Waals surface area contributed by atoms with Crippen LogP contribution in [0.5, 0.6) is 0 Å². The summed E-state index contributed by atoms with van der Waals surface area (Å²) in [5.41, 5.74) is 0.913. The maximum absolute atomic E-state index is 5.42. The average Bonchev–Trinajstić information content (AvgIpc) is 2.87. The minimum atomic E-state index is 0.573. The second kappa shape index (κ2) is 4.37. The highest BCUT2D eigenvalue weighted by Crippen LogP contribution is 2.27. The molecular weight excluding hydrogens is 214 g/mol. The van der Waals surface area contributed by atoms with Gasteiger partial charge in [-0.3, -0.25) is 0 Å². The van der Waals surface area contributed by atoms with Crippen molar-refractivity contribution in [1.82, 2.24) is 10.3 Å². The third kappa shape index (κ3) is 1.89. The molecule has 1 aliphatic rings. The molecule has 0 aromatic carbocycles. The number of furan rings is 1. The van der Waals surface area contributed by atoms with Crippen molar-refractivity contribution in [1.29, 1.82) is 0 Å². The second-order valence-electron chi connectivity index (χ2n) is 4.56. The Labute approximate surface area is 101 Å². The van der Waals surface area contributed by atoms with Gasteiger partial charge in [0.2, 0.25) is 0 Å². The van der Waals surface area contributed by atoms with Crippen LogP contribution in [0.1, 0.15) is 12.8 Å². The molecule has 4 heteroatoms. The fourth-order valence-electron chi connectivity index (χ4n) is 2.53. The van der Waals surface area contributed by atoms with Gasteiger partial charge >= 0.3 is 0 Å². The molecule has 1 saturated heterocycles. The van der Waals surface area contributed by atoms with Crippen LogP contribution in [0.4, 0.5) is 5.82 Å². The molecular formula is C13H17N3O. The molecule has 0 aliphatic carbocycles. The summed E-state index contributed by atoms with van der Waals surface area (Å²) in [7, 11) is 2.13. The van der Waals surface area contributed by atoms with Gasteiger partial charge in [0, 0.05) is 19.3 Å². The minimum absolute atomic E-state index is 0.573. The molecule has 0 bridgehead atoms. The predicted octanol–water partition coefficient (Wildman–Crippen LogP) is 2.02. The van der Waals surface area contributed by atoms with Crippen molar-refractivity contribution in [3.8, 4) is 0 Å². The van der Waals surface area contributed by atoms with Crippen molar-refractivity contribution in [2.24, 2.45) is 0 Å². The Hall–Kier alpha value is -1.55. The molecule has 1 N–H and O–H groups in total. The first kappa shape index (κ1) is 10.6. The molecule has 4 nitrogen and oxygen atoms in total. The monoisotopic (exact) mass is 231 g/mol. The standard InChI is InChI=1S/C13H17N3O/c1-16(10-2-6-14-7-3-10)13-11-5-9-17-12(11)4-8-15-13/h4-5,8-10,14H,2-3,6-7H2,1H3. The third-order valence-corrected chi connectivity index (χ3v) is 3.55. The molecule has 1 fully saturated rings. The largest absolute Gasteiger partial charge is 0.464 e. The van der Waals surface area contributed by atoms with E-state index >= 15 is 0 Å². The normalized spacial score (nSPS) is 17.5. The van der Waals surface area contributed by atoms with Crippen LogP contribution in [0.15, 0.2) is 29.0 Å². The fraction of sp³-hybridized carbons (Fsp3) is 0.462. The molecule has 1 aliphatic heterocycles. The van der Waals surface area contributed by atoms with Gasteiger partial charge in [0.25, 0.3) is 0 Å². The second-order valence-corrected chi connectivity index (χ2v) is 4.56. The van der Waals surface area contributed by atoms with Crippen LogP contribution in [0, 0.1) is 0 Å². The first-order valence-electron chi connectivity index (χ1n) is 6.12. The van der Waals surface area contributed by atoms with Gasteiger partial charge < -0.3 is 14.6 Å². The van der Waals surface area contributed by atoms with Gasteiger partial charge in [-0.15, -0.1) is 0 Å². The minimum Gasteiger partial charge on any atom is -0.464 e. The predicted molar refractivity (Wildman–Crippen MR) is 68.3 cm³/mol. The van der Waals surface area contributed by atoms with E-state index in [1.165, 1.54) is 12.8 Å². The van der Waals surface area contributed by atoms with Gasteiger partial charge in [0.05, 0.1) is 11.6 Å². The van der Waals surface area contributed by atoms with Crippen LogP contribution in [0.3, 0.4) is 0 Å². The molecule has 0 unspecified atom stereocenters. The maximum Gasteiger partial charge on any atom is 0.139 e. The van der Waals surface area contributed by atoms with Crippen molar-refractivity contribution in [2.45, 2.75) is 18.9 Å². The van der Waals surface area contributed by atoms with E-state index in [4.69, 9.17) is 4.42 Å². The van der Waals surface area contributed by atoms with E-state index in [9.17, 15) is 0 Å². The molecule has 0 spiro atoms. The highest BCUT2D eigenvalue weighted by atomic mass is 16.3. The maximum atomic E-state index is 5.42. The van der Waals surface area contributed by atoms with E-state index in [1.807, 2.05) is 18.3 Å². The van der Waals surface area contributed by atoms with Crippen LogP contribution in [0.25, 0.3) is 11.0 Å². The van der Waals surface area contributed by atoms with E-state index in [0.717, 1.165) is 29.9 Å². The van der Waals surface area contributed by atoms with Gasteiger partial charge in [-0.25, -0.2) is 4.98 Å². The molecule has 0 amide bonds. The Morgan fingerprint density at radius 1 is 1.35 bits per heavy atom. The first-order chi connectivity index (χ1) is 8.36. The lowest BCUT2D eigenvalue weighted by Crippen LogP contribution is -2.41. The van der Waals surface area contributed by atoms with E-state index in [0.29, 0.717) is 6.04 Å². The van der Waals surface area contributed by atoms with E-state index < -0.39 is 0 Å². The average molecular weight is 231 g/mol. The Kier molecular flexibility index (Phi) is 2.73. The zero-order chi connectivity index (χ0) is 11.7. The summed E-state index contributed by atoms with van der Waals surface area (Å²) in [6.45, 7) is 2.19. The Morgan fingerprint density at radius 2 is 2.18 bits per heavy atom. The number of rotatable bonds is 2. The van der Waals surface area contributed by atoms with Crippen molar-refractivity contribution in [3.63, 3.8) is 0 Å². The zero-order valence-electron chi connectivity index (χ0n) is 10.0. The fourth-order valence-corrected chi connectivity index (χ4v) is 2.53. The summed E-state index contributed by atoms with van der Waals surface area (Å²) in [5, 5.41) is 4.49. The summed E-state index contributed by atoms with van der Waals surface area (Å²) in [5.74, 6) is 1.03. The number of nitrogens with one attached hydrogen (secondary N) is 1. The number of nitrogens with zero attached hydrogens (tertiary/aromatic N) is 2. The number of aromatic nitrogens is 1. The molecule has 17 heavy (non-hydrogen) atoms. The molecule has 2 aromatic rings. The van der Waals surface area contributed by atoms with E-state index in [-0.39, 0.29) is 0 Å². The van der Waals surface area contributed by atoms with Crippen LogP contribution < -0.4 is 10.2 Å². The van der Waals surface area contributed by atoms with Crippen molar-refractivity contribution < 1.29 is 4.42 Å². The number of pyridine rings is 1. The van der Waals surface area contributed by atoms with Crippen molar-refractivity contribution >= 4 is 16.8 Å². The number of hydrogen-bond donors (Lipinski definition) is 1. The molecule has 0 saturated carbocycles. The lowest BCUT2D eigenvalue weighted by Gasteiger charge is -2.32. The molecule has 3 rings (SSSR count). The van der Waals surface area contributed by atoms with Gasteiger partial charge in [-0.05, 0) is 38.1 Å². The van der Waals surface area contributed by atoms with Crippen molar-refractivity contribution in [3.05, 3.63) is 24.6 Å². The van der Waals surface area contributed by atoms with Crippen LogP contribution >= 0.6 is 0 Å². The first-order valence-corrected chi connectivity index (χ1v) is 6.12. The Morgan fingerprint density at radius 3 is 3.00 bits per heavy atom. The van der Waals surface area contributed by atoms with Crippen molar-refractivity contribution in [2.75, 3.05) is 25.0 Å². The Bertz CT molecular complexity index is 502. The van der Waals surface area contributed by atoms with Gasteiger partial charge in [-0.1, -0.05) is 0 Å². The lowest BCUT2D eigenvalue weighted by atomic mass is 10.1. The highest BCUT2D eigenvalue weighted by Gasteiger charge is 2.20. The van der Waals surface area contributed by atoms with Crippen LogP contribution in [-0.2, 0) is 0 Å². The van der Waals surface area contributed by atoms with E-state index in [2.05, 4.69) is 22.2 Å². The number of fused-ring (bicyclic) bond motifs is 1. The molecule has 0 radical (unpaired) electrons. The summed E-state index contributed by atoms with van der Waals surface area (Å²) in [6.07, 6.45) is 5.89. The number of hydrogen-bond acceptors (Lipinski definition) is 4. The van der Waals surface area contributed by atoms with E-state index in [1.54, 1.807) is 6.26 Å². The topological polar surface area (TPSA) is 41.3 Å². The lowest BCUT2D eigenvalue weighted by molar-refractivity contribution is 0.442. The van der Waals surface area contributed by atoms with Gasteiger partial charge in [0.15, 0.2) is 0 Å². The highest BCUT2D eigenvalue weighted by molar-refractivity contribution is 5.88. The summed E-state index contributed by atoms with van der Waals surface area (Å²) in [4.78, 5) is 6.79. The SMILES string of the molecule is CN(c1nccc2occc12)C1CCNCC1. The summed E-state index contributed by atoms with van der Waals surface area (Å²) < 4.78 is 5.42. The molecule has 0 atom stereocenters. The smallest absolute Gasteiger partial charge is 0.139 e.